The van der Waals surface area contributed by atoms with Gasteiger partial charge >= 0.3 is 0 Å². The monoisotopic (exact) mass is 243 g/mol. The number of fused-ring (bicyclic) bond motifs is 1. The molecule has 2 aromatic rings. The van der Waals surface area contributed by atoms with E-state index in [0.717, 1.165) is 17.3 Å². The quantitative estimate of drug-likeness (QED) is 0.577. The van der Waals surface area contributed by atoms with Crippen LogP contribution in [-0.2, 0) is 4.74 Å². The van der Waals surface area contributed by atoms with Gasteiger partial charge in [0.25, 0.3) is 0 Å². The molecular weight excluding hydrogens is 226 g/mol. The molecule has 0 aliphatic carbocycles. The zero-order valence-electron chi connectivity index (χ0n) is 10.6. The van der Waals surface area contributed by atoms with Gasteiger partial charge in [-0.1, -0.05) is 25.1 Å². The first kappa shape index (κ1) is 12.7. The Bertz CT molecular complexity index is 532. The summed E-state index contributed by atoms with van der Waals surface area (Å²) in [5.74, 6) is 0.0930. The van der Waals surface area contributed by atoms with Crippen LogP contribution in [0, 0.1) is 0 Å². The molecule has 0 saturated carbocycles. The van der Waals surface area contributed by atoms with Crippen molar-refractivity contribution in [3.63, 3.8) is 0 Å². The highest BCUT2D eigenvalue weighted by molar-refractivity contribution is 6.06. The van der Waals surface area contributed by atoms with Gasteiger partial charge in [-0.25, -0.2) is 0 Å². The van der Waals surface area contributed by atoms with Crippen LogP contribution < -0.4 is 0 Å². The van der Waals surface area contributed by atoms with E-state index in [2.05, 4.69) is 11.9 Å². The summed E-state index contributed by atoms with van der Waals surface area (Å²) in [6.07, 6.45) is 3.10. The van der Waals surface area contributed by atoms with Crippen LogP contribution in [0.4, 0.5) is 0 Å². The molecule has 2 rings (SSSR count). The molecule has 3 nitrogen and oxygen atoms in total. The highest BCUT2D eigenvalue weighted by atomic mass is 16.5. The van der Waals surface area contributed by atoms with E-state index in [1.807, 2.05) is 30.3 Å². The third kappa shape index (κ3) is 2.93. The molecule has 3 heteroatoms. The summed E-state index contributed by atoms with van der Waals surface area (Å²) in [6.45, 7) is 3.24. The normalized spacial score (nSPS) is 10.7. The number of aromatic nitrogens is 1. The maximum Gasteiger partial charge on any atom is 0.167 e. The van der Waals surface area contributed by atoms with Gasteiger partial charge in [0.15, 0.2) is 5.78 Å². The van der Waals surface area contributed by atoms with Crippen molar-refractivity contribution in [3.8, 4) is 0 Å². The molecular formula is C15H17NO2. The number of pyridine rings is 1. The molecule has 0 saturated heterocycles. The second kappa shape index (κ2) is 6.26. The van der Waals surface area contributed by atoms with Crippen LogP contribution in [0.25, 0.3) is 10.9 Å². The molecule has 0 bridgehead atoms. The van der Waals surface area contributed by atoms with E-state index in [1.165, 1.54) is 0 Å². The topological polar surface area (TPSA) is 39.2 Å². The molecule has 0 unspecified atom stereocenters. The van der Waals surface area contributed by atoms with Gasteiger partial charge in [-0.15, -0.1) is 0 Å². The highest BCUT2D eigenvalue weighted by Crippen LogP contribution is 2.17. The van der Waals surface area contributed by atoms with Gasteiger partial charge in [-0.2, -0.15) is 0 Å². The minimum absolute atomic E-state index is 0.0930. The van der Waals surface area contributed by atoms with Gasteiger partial charge < -0.3 is 4.74 Å². The number of hydrogen-bond acceptors (Lipinski definition) is 3. The van der Waals surface area contributed by atoms with Gasteiger partial charge in [0.1, 0.15) is 0 Å². The fourth-order valence-corrected chi connectivity index (χ4v) is 1.88. The SMILES string of the molecule is CCCOCCC(=O)c1cccc2cccnc12. The first-order chi connectivity index (χ1) is 8.83. The molecule has 0 atom stereocenters. The van der Waals surface area contributed by atoms with Crippen LogP contribution in [0.3, 0.4) is 0 Å². The summed E-state index contributed by atoms with van der Waals surface area (Å²) >= 11 is 0. The number of benzene rings is 1. The predicted octanol–water partition coefficient (Wildman–Crippen LogP) is 3.23. The van der Waals surface area contributed by atoms with E-state index in [0.29, 0.717) is 25.2 Å². The van der Waals surface area contributed by atoms with E-state index in [-0.39, 0.29) is 5.78 Å². The van der Waals surface area contributed by atoms with E-state index in [1.54, 1.807) is 6.20 Å². The number of carbonyl (C=O) groups is 1. The second-order valence-electron chi connectivity index (χ2n) is 4.17. The van der Waals surface area contributed by atoms with Crippen LogP contribution in [0.1, 0.15) is 30.1 Å². The van der Waals surface area contributed by atoms with Crippen LogP contribution in [0.5, 0.6) is 0 Å². The third-order valence-corrected chi connectivity index (χ3v) is 2.76. The minimum atomic E-state index is 0.0930. The maximum absolute atomic E-state index is 12.1. The zero-order chi connectivity index (χ0) is 12.8. The number of para-hydroxylation sites is 1. The zero-order valence-corrected chi connectivity index (χ0v) is 10.6. The van der Waals surface area contributed by atoms with Crippen LogP contribution in [-0.4, -0.2) is 24.0 Å². The van der Waals surface area contributed by atoms with Crippen molar-refractivity contribution >= 4 is 16.7 Å². The van der Waals surface area contributed by atoms with Crippen molar-refractivity contribution < 1.29 is 9.53 Å². The Balaban J connectivity index is 2.13. The largest absolute Gasteiger partial charge is 0.381 e. The van der Waals surface area contributed by atoms with E-state index < -0.39 is 0 Å². The third-order valence-electron chi connectivity index (χ3n) is 2.76. The maximum atomic E-state index is 12.1. The summed E-state index contributed by atoms with van der Waals surface area (Å²) in [4.78, 5) is 16.4. The fraction of sp³-hybridized carbons (Fsp3) is 0.333. The van der Waals surface area contributed by atoms with Crippen molar-refractivity contribution in [2.75, 3.05) is 13.2 Å². The summed E-state index contributed by atoms with van der Waals surface area (Å²) in [7, 11) is 0. The molecule has 1 aromatic heterocycles. The van der Waals surface area contributed by atoms with Crippen molar-refractivity contribution in [2.24, 2.45) is 0 Å². The lowest BCUT2D eigenvalue weighted by molar-refractivity contribution is 0.0880. The molecule has 0 N–H and O–H groups in total. The van der Waals surface area contributed by atoms with Crippen molar-refractivity contribution in [1.29, 1.82) is 0 Å². The van der Waals surface area contributed by atoms with Crippen molar-refractivity contribution in [1.82, 2.24) is 4.98 Å². The standard InChI is InChI=1S/C15H17NO2/c1-2-10-18-11-8-14(17)13-7-3-5-12-6-4-9-16-15(12)13/h3-7,9H,2,8,10-11H2,1H3. The predicted molar refractivity (Wildman–Crippen MR) is 71.8 cm³/mol. The first-order valence-electron chi connectivity index (χ1n) is 6.27. The molecule has 0 spiro atoms. The summed E-state index contributed by atoms with van der Waals surface area (Å²) in [5.41, 5.74) is 1.47. The smallest absolute Gasteiger partial charge is 0.167 e. The van der Waals surface area contributed by atoms with Crippen LogP contribution >= 0.6 is 0 Å². The lowest BCUT2D eigenvalue weighted by Gasteiger charge is -2.05. The van der Waals surface area contributed by atoms with Crippen molar-refractivity contribution in [2.45, 2.75) is 19.8 Å². The molecule has 0 radical (unpaired) electrons. The number of ether oxygens (including phenoxy) is 1. The van der Waals surface area contributed by atoms with Gasteiger partial charge in [0.2, 0.25) is 0 Å². The Morgan fingerprint density at radius 1 is 1.22 bits per heavy atom. The number of nitrogens with zero attached hydrogens (tertiary/aromatic N) is 1. The molecule has 0 aliphatic rings. The number of Topliss-reactive ketones (excluding diaryl/α,β-unsaturated/α-hetero) is 1. The number of rotatable bonds is 6. The number of hydrogen-bond donors (Lipinski definition) is 0. The second-order valence-corrected chi connectivity index (χ2v) is 4.17. The fourth-order valence-electron chi connectivity index (χ4n) is 1.88. The molecule has 1 aromatic carbocycles. The van der Waals surface area contributed by atoms with Crippen LogP contribution in [0.15, 0.2) is 36.5 Å². The first-order valence-corrected chi connectivity index (χ1v) is 6.27. The average Bonchev–Trinajstić information content (AvgIpc) is 2.43. The highest BCUT2D eigenvalue weighted by Gasteiger charge is 2.10. The number of ketones is 1. The van der Waals surface area contributed by atoms with Gasteiger partial charge in [0, 0.05) is 30.2 Å². The Hall–Kier alpha value is -1.74. The van der Waals surface area contributed by atoms with Gasteiger partial charge in [-0.3, -0.25) is 9.78 Å². The Morgan fingerprint density at radius 3 is 2.89 bits per heavy atom. The molecule has 18 heavy (non-hydrogen) atoms. The Morgan fingerprint density at radius 2 is 2.06 bits per heavy atom. The Labute approximate surface area is 107 Å². The van der Waals surface area contributed by atoms with E-state index in [4.69, 9.17) is 4.74 Å². The summed E-state index contributed by atoms with van der Waals surface area (Å²) in [5, 5.41) is 0.998. The van der Waals surface area contributed by atoms with E-state index in [9.17, 15) is 4.79 Å². The molecule has 0 aliphatic heterocycles. The summed E-state index contributed by atoms with van der Waals surface area (Å²) < 4.78 is 5.35. The van der Waals surface area contributed by atoms with E-state index >= 15 is 0 Å². The Kier molecular flexibility index (Phi) is 4.42. The lowest BCUT2D eigenvalue weighted by atomic mass is 10.0. The molecule has 1 heterocycles. The van der Waals surface area contributed by atoms with Crippen molar-refractivity contribution in [3.05, 3.63) is 42.1 Å². The summed E-state index contributed by atoms with van der Waals surface area (Å²) in [6, 6.07) is 9.53. The van der Waals surface area contributed by atoms with Gasteiger partial charge in [0.05, 0.1) is 12.1 Å². The molecule has 94 valence electrons. The molecule has 0 fully saturated rings. The number of carbonyl (C=O) groups excluding carboxylic acids is 1. The lowest BCUT2D eigenvalue weighted by Crippen LogP contribution is -2.06. The minimum Gasteiger partial charge on any atom is -0.381 e. The average molecular weight is 243 g/mol. The molecule has 0 amide bonds. The van der Waals surface area contributed by atoms with Crippen LogP contribution in [0.2, 0.25) is 0 Å². The van der Waals surface area contributed by atoms with Gasteiger partial charge in [-0.05, 0) is 18.6 Å².